The molecule has 3 nitrogen and oxygen atoms in total. The highest BCUT2D eigenvalue weighted by atomic mass is 16.3. The van der Waals surface area contributed by atoms with Crippen molar-refractivity contribution in [2.45, 2.75) is 34.6 Å². The van der Waals surface area contributed by atoms with Crippen LogP contribution in [0.5, 0.6) is 0 Å². The third kappa shape index (κ3) is 3.47. The van der Waals surface area contributed by atoms with E-state index in [4.69, 9.17) is 9.40 Å². The van der Waals surface area contributed by atoms with Gasteiger partial charge >= 0.3 is 0 Å². The number of fused-ring (bicyclic) bond motifs is 3. The summed E-state index contributed by atoms with van der Waals surface area (Å²) in [5, 5.41) is 2.23. The van der Waals surface area contributed by atoms with Crippen LogP contribution in [0.2, 0.25) is 0 Å². The van der Waals surface area contributed by atoms with Crippen LogP contribution in [-0.2, 0) is 0 Å². The molecular formula is C32H28N2O. The van der Waals surface area contributed by atoms with E-state index in [0.717, 1.165) is 39.0 Å². The summed E-state index contributed by atoms with van der Waals surface area (Å²) in [4.78, 5) is 5.26. The van der Waals surface area contributed by atoms with Gasteiger partial charge in [-0.25, -0.2) is 4.98 Å². The number of hydrogen-bond acceptors (Lipinski definition) is 2. The van der Waals surface area contributed by atoms with Crippen LogP contribution in [-0.4, -0.2) is 9.55 Å². The molecule has 0 saturated carbocycles. The zero-order chi connectivity index (χ0) is 24.3. The molecule has 2 heterocycles. The second-order valence-electron chi connectivity index (χ2n) is 9.64. The number of imidazole rings is 1. The van der Waals surface area contributed by atoms with Crippen molar-refractivity contribution in [3.05, 3.63) is 107 Å². The number of furan rings is 1. The van der Waals surface area contributed by atoms with E-state index in [-0.39, 0.29) is 0 Å². The fourth-order valence-corrected chi connectivity index (χ4v) is 5.51. The highest BCUT2D eigenvalue weighted by Crippen LogP contribution is 2.36. The molecule has 0 spiro atoms. The summed E-state index contributed by atoms with van der Waals surface area (Å²) in [6.07, 6.45) is 2.20. The molecule has 0 atom stereocenters. The van der Waals surface area contributed by atoms with Crippen LogP contribution in [0.3, 0.4) is 0 Å². The minimum atomic E-state index is 0.894. The molecule has 2 aromatic heterocycles. The first-order chi connectivity index (χ1) is 16.9. The maximum Gasteiger partial charge on any atom is 0.145 e. The third-order valence-corrected chi connectivity index (χ3v) is 6.95. The Labute approximate surface area is 205 Å². The smallest absolute Gasteiger partial charge is 0.145 e. The highest BCUT2D eigenvalue weighted by molar-refractivity contribution is 6.06. The van der Waals surface area contributed by atoms with Gasteiger partial charge in [-0.15, -0.1) is 0 Å². The van der Waals surface area contributed by atoms with E-state index >= 15 is 0 Å². The molecule has 6 rings (SSSR count). The maximum atomic E-state index is 6.09. The molecule has 0 amide bonds. The van der Waals surface area contributed by atoms with E-state index in [1.54, 1.807) is 0 Å². The second-order valence-corrected chi connectivity index (χ2v) is 9.64. The molecule has 0 radical (unpaired) electrons. The van der Waals surface area contributed by atoms with Gasteiger partial charge in [0, 0.05) is 28.1 Å². The number of aryl methyl sites for hydroxylation is 5. The first kappa shape index (κ1) is 21.4. The second kappa shape index (κ2) is 7.99. The van der Waals surface area contributed by atoms with Gasteiger partial charge < -0.3 is 4.42 Å². The van der Waals surface area contributed by atoms with Crippen LogP contribution >= 0.6 is 0 Å². The summed E-state index contributed by atoms with van der Waals surface area (Å²) in [6.45, 7) is 10.8. The number of para-hydroxylation sites is 1. The number of benzene rings is 4. The minimum absolute atomic E-state index is 0.894. The predicted molar refractivity (Wildman–Crippen MR) is 145 cm³/mol. The molecule has 0 saturated heterocycles. The lowest BCUT2D eigenvalue weighted by molar-refractivity contribution is 0.669. The Morgan fingerprint density at radius 3 is 2.09 bits per heavy atom. The standard InChI is InChI=1S/C32H28N2O/c1-19-15-22(4)31(23(5)16-19)34-18-27(30-20(2)9-8-10-21(30)3)33-32(34)24-13-14-29-26(17-24)25-11-6-7-12-28(25)35-29/h6-18H,1-5H3. The van der Waals surface area contributed by atoms with Gasteiger partial charge in [-0.2, -0.15) is 0 Å². The van der Waals surface area contributed by atoms with Gasteiger partial charge in [0.15, 0.2) is 0 Å². The summed E-state index contributed by atoms with van der Waals surface area (Å²) in [7, 11) is 0. The van der Waals surface area contributed by atoms with E-state index in [2.05, 4.69) is 106 Å². The zero-order valence-corrected chi connectivity index (χ0v) is 20.8. The highest BCUT2D eigenvalue weighted by Gasteiger charge is 2.19. The van der Waals surface area contributed by atoms with E-state index < -0.39 is 0 Å². The monoisotopic (exact) mass is 456 g/mol. The Hall–Kier alpha value is -4.11. The molecule has 0 unspecified atom stereocenters. The fraction of sp³-hybridized carbons (Fsp3) is 0.156. The van der Waals surface area contributed by atoms with Crippen LogP contribution < -0.4 is 0 Å². The SMILES string of the molecule is Cc1cc(C)c(-n2cc(-c3c(C)cccc3C)nc2-c2ccc3oc4ccccc4c3c2)c(C)c1. The van der Waals surface area contributed by atoms with Gasteiger partial charge in [0.05, 0.1) is 11.4 Å². The van der Waals surface area contributed by atoms with Crippen LogP contribution in [0.4, 0.5) is 0 Å². The summed E-state index contributed by atoms with van der Waals surface area (Å²) in [6, 6.07) is 25.5. The van der Waals surface area contributed by atoms with Crippen molar-refractivity contribution in [2.75, 3.05) is 0 Å². The van der Waals surface area contributed by atoms with Gasteiger partial charge in [-0.05, 0) is 81.1 Å². The Morgan fingerprint density at radius 1 is 0.657 bits per heavy atom. The molecule has 6 aromatic rings. The summed E-state index contributed by atoms with van der Waals surface area (Å²) in [5.41, 5.74) is 12.5. The van der Waals surface area contributed by atoms with E-state index in [1.807, 2.05) is 12.1 Å². The normalized spacial score (nSPS) is 11.6. The molecule has 172 valence electrons. The molecule has 0 bridgehead atoms. The minimum Gasteiger partial charge on any atom is -0.456 e. The zero-order valence-electron chi connectivity index (χ0n) is 20.8. The van der Waals surface area contributed by atoms with Gasteiger partial charge in [0.2, 0.25) is 0 Å². The maximum absolute atomic E-state index is 6.09. The number of hydrogen-bond donors (Lipinski definition) is 0. The lowest BCUT2D eigenvalue weighted by atomic mass is 10.0. The number of nitrogens with zero attached hydrogens (tertiary/aromatic N) is 2. The fourth-order valence-electron chi connectivity index (χ4n) is 5.51. The molecular weight excluding hydrogens is 428 g/mol. The van der Waals surface area contributed by atoms with Gasteiger partial charge in [-0.3, -0.25) is 4.57 Å². The predicted octanol–water partition coefficient (Wildman–Crippen LogP) is 8.65. The Morgan fingerprint density at radius 2 is 1.34 bits per heavy atom. The van der Waals surface area contributed by atoms with E-state index in [0.29, 0.717) is 0 Å². The van der Waals surface area contributed by atoms with Crippen LogP contribution in [0.15, 0.2) is 83.4 Å². The number of aromatic nitrogens is 2. The van der Waals surface area contributed by atoms with Crippen molar-refractivity contribution in [2.24, 2.45) is 0 Å². The third-order valence-electron chi connectivity index (χ3n) is 6.95. The van der Waals surface area contributed by atoms with Gasteiger partial charge in [0.1, 0.15) is 17.0 Å². The largest absolute Gasteiger partial charge is 0.456 e. The summed E-state index contributed by atoms with van der Waals surface area (Å²) in [5.74, 6) is 0.935. The quantitative estimate of drug-likeness (QED) is 0.267. The van der Waals surface area contributed by atoms with Crippen molar-refractivity contribution in [3.63, 3.8) is 0 Å². The van der Waals surface area contributed by atoms with E-state index in [9.17, 15) is 0 Å². The molecule has 0 N–H and O–H groups in total. The van der Waals surface area contributed by atoms with Crippen LogP contribution in [0.1, 0.15) is 27.8 Å². The topological polar surface area (TPSA) is 31.0 Å². The lowest BCUT2D eigenvalue weighted by Crippen LogP contribution is -2.02. The van der Waals surface area contributed by atoms with Gasteiger partial charge in [-0.1, -0.05) is 54.1 Å². The Kier molecular flexibility index (Phi) is 4.89. The Balaban J connectivity index is 1.65. The van der Waals surface area contributed by atoms with Gasteiger partial charge in [0.25, 0.3) is 0 Å². The van der Waals surface area contributed by atoms with Crippen LogP contribution in [0, 0.1) is 34.6 Å². The first-order valence-corrected chi connectivity index (χ1v) is 12.1. The first-order valence-electron chi connectivity index (χ1n) is 12.1. The average molecular weight is 457 g/mol. The van der Waals surface area contributed by atoms with Crippen LogP contribution in [0.25, 0.3) is 50.3 Å². The molecule has 0 aliphatic heterocycles. The molecule has 0 aliphatic carbocycles. The lowest BCUT2D eigenvalue weighted by Gasteiger charge is -2.15. The van der Waals surface area contributed by atoms with Crippen molar-refractivity contribution in [1.29, 1.82) is 0 Å². The molecule has 35 heavy (non-hydrogen) atoms. The molecule has 0 aliphatic rings. The van der Waals surface area contributed by atoms with Crippen molar-refractivity contribution in [1.82, 2.24) is 9.55 Å². The van der Waals surface area contributed by atoms with Crippen molar-refractivity contribution in [3.8, 4) is 28.3 Å². The van der Waals surface area contributed by atoms with Crippen molar-refractivity contribution >= 4 is 21.9 Å². The number of rotatable bonds is 3. The molecule has 0 fully saturated rings. The molecule has 3 heteroatoms. The molecule has 4 aromatic carbocycles. The summed E-state index contributed by atoms with van der Waals surface area (Å²) >= 11 is 0. The average Bonchev–Trinajstić information content (AvgIpc) is 3.40. The summed E-state index contributed by atoms with van der Waals surface area (Å²) < 4.78 is 8.36. The van der Waals surface area contributed by atoms with E-state index in [1.165, 1.54) is 39.1 Å². The Bertz CT molecular complexity index is 1710. The van der Waals surface area contributed by atoms with Crippen molar-refractivity contribution < 1.29 is 4.42 Å².